The Balaban J connectivity index is 2.09. The van der Waals surface area contributed by atoms with Gasteiger partial charge in [-0.2, -0.15) is 0 Å². The minimum atomic E-state index is -2.96. The largest absolute Gasteiger partial charge is 0.383 e. The number of anilines is 3. The second kappa shape index (κ2) is 8.76. The Bertz CT molecular complexity index is 1200. The fourth-order valence-electron chi connectivity index (χ4n) is 2.87. The molecule has 11 heteroatoms. The summed E-state index contributed by atoms with van der Waals surface area (Å²) < 4.78 is 44.8. The number of aryl methyl sites for hydroxylation is 1. The maximum Gasteiger partial charge on any atom is 0.261 e. The zero-order chi connectivity index (χ0) is 21.1. The third-order valence-corrected chi connectivity index (χ3v) is 5.17. The standard InChI is InChI=1S/C18H18ClFN4O4S/c1-10-12(22-17-11(20)3-4-14(16(17)19)23-29(26)27)5-6-13-15(10)18(25)24(9-21-13)7-8-28-2/h3-6,9,22,29H,7-8H2,1-2H3,(H,23,26,27). The number of thiol groups is 1. The first-order chi connectivity index (χ1) is 13.8. The number of hydrogen-bond acceptors (Lipinski definition) is 6. The van der Waals surface area contributed by atoms with Crippen LogP contribution in [0.15, 0.2) is 35.4 Å². The summed E-state index contributed by atoms with van der Waals surface area (Å²) in [6.07, 6.45) is 1.45. The number of fused-ring (bicyclic) bond motifs is 1. The molecule has 8 nitrogen and oxygen atoms in total. The predicted molar refractivity (Wildman–Crippen MR) is 111 cm³/mol. The Morgan fingerprint density at radius 2 is 1.97 bits per heavy atom. The van der Waals surface area contributed by atoms with E-state index in [0.29, 0.717) is 35.3 Å². The number of aromatic nitrogens is 2. The van der Waals surface area contributed by atoms with Crippen LogP contribution in [0.4, 0.5) is 21.5 Å². The van der Waals surface area contributed by atoms with Crippen LogP contribution in [0.1, 0.15) is 5.56 Å². The topological polar surface area (TPSA) is 102 Å². The fraction of sp³-hybridized carbons (Fsp3) is 0.222. The van der Waals surface area contributed by atoms with Crippen molar-refractivity contribution in [3.8, 4) is 0 Å². The van der Waals surface area contributed by atoms with Gasteiger partial charge in [-0.3, -0.25) is 14.1 Å². The van der Waals surface area contributed by atoms with Crippen molar-refractivity contribution in [1.29, 1.82) is 0 Å². The minimum Gasteiger partial charge on any atom is -0.383 e. The number of methoxy groups -OCH3 is 1. The second-order valence-corrected chi connectivity index (χ2v) is 7.26. The number of rotatable bonds is 7. The van der Waals surface area contributed by atoms with E-state index in [0.717, 1.165) is 6.07 Å². The molecule has 0 saturated carbocycles. The number of benzene rings is 2. The number of ether oxygens (including phenoxy) is 1. The zero-order valence-electron chi connectivity index (χ0n) is 15.5. The SMILES string of the molecule is COCCn1cnc2ccc(Nc3c(F)ccc(N[SH](=O)=O)c3Cl)c(C)c2c1=O. The molecule has 0 fully saturated rings. The highest BCUT2D eigenvalue weighted by Crippen LogP contribution is 2.36. The van der Waals surface area contributed by atoms with Crippen LogP contribution in [-0.2, 0) is 22.2 Å². The molecule has 29 heavy (non-hydrogen) atoms. The van der Waals surface area contributed by atoms with Gasteiger partial charge in [0, 0.05) is 12.8 Å². The number of nitrogens with one attached hydrogen (secondary N) is 2. The van der Waals surface area contributed by atoms with Crippen LogP contribution in [0.3, 0.4) is 0 Å². The molecule has 2 aromatic carbocycles. The predicted octanol–water partition coefficient (Wildman–Crippen LogP) is 2.83. The average Bonchev–Trinajstić information content (AvgIpc) is 2.68. The molecular formula is C18H18ClFN4O4S. The van der Waals surface area contributed by atoms with Crippen LogP contribution >= 0.6 is 11.6 Å². The maximum absolute atomic E-state index is 14.4. The van der Waals surface area contributed by atoms with Crippen molar-refractivity contribution in [2.75, 3.05) is 23.8 Å². The van der Waals surface area contributed by atoms with Gasteiger partial charge < -0.3 is 10.1 Å². The fourth-order valence-corrected chi connectivity index (χ4v) is 3.57. The van der Waals surface area contributed by atoms with E-state index < -0.39 is 16.7 Å². The molecule has 0 spiro atoms. The van der Waals surface area contributed by atoms with E-state index in [2.05, 4.69) is 15.0 Å². The number of halogens is 2. The van der Waals surface area contributed by atoms with E-state index in [9.17, 15) is 17.6 Å². The Morgan fingerprint density at radius 1 is 1.24 bits per heavy atom. The molecule has 1 heterocycles. The molecule has 1 aromatic heterocycles. The number of nitrogens with zero attached hydrogens (tertiary/aromatic N) is 2. The average molecular weight is 441 g/mol. The van der Waals surface area contributed by atoms with Gasteiger partial charge in [-0.15, -0.1) is 0 Å². The van der Waals surface area contributed by atoms with Crippen LogP contribution < -0.4 is 15.6 Å². The van der Waals surface area contributed by atoms with Gasteiger partial charge in [-0.25, -0.2) is 17.8 Å². The summed E-state index contributed by atoms with van der Waals surface area (Å²) >= 11 is 6.17. The number of hydrogen-bond donors (Lipinski definition) is 3. The van der Waals surface area contributed by atoms with E-state index in [-0.39, 0.29) is 22.0 Å². The molecule has 0 saturated heterocycles. The summed E-state index contributed by atoms with van der Waals surface area (Å²) in [5.41, 5.74) is 1.16. The summed E-state index contributed by atoms with van der Waals surface area (Å²) in [6, 6.07) is 5.59. The molecule has 0 unspecified atom stereocenters. The molecule has 0 bridgehead atoms. The first-order valence-electron chi connectivity index (χ1n) is 8.47. The van der Waals surface area contributed by atoms with Gasteiger partial charge in [0.15, 0.2) is 0 Å². The third kappa shape index (κ3) is 4.34. The van der Waals surface area contributed by atoms with E-state index in [1.165, 1.54) is 24.1 Å². The summed E-state index contributed by atoms with van der Waals surface area (Å²) in [7, 11) is -1.43. The first kappa shape index (κ1) is 21.0. The normalized spacial score (nSPS) is 11.2. The van der Waals surface area contributed by atoms with Gasteiger partial charge in [0.2, 0.25) is 10.9 Å². The lowest BCUT2D eigenvalue weighted by Crippen LogP contribution is -2.23. The quantitative estimate of drug-likeness (QED) is 0.488. The maximum atomic E-state index is 14.4. The summed E-state index contributed by atoms with van der Waals surface area (Å²) in [5.74, 6) is -0.676. The van der Waals surface area contributed by atoms with Crippen molar-refractivity contribution in [3.63, 3.8) is 0 Å². The smallest absolute Gasteiger partial charge is 0.261 e. The van der Waals surface area contributed by atoms with Crippen molar-refractivity contribution in [1.82, 2.24) is 9.55 Å². The van der Waals surface area contributed by atoms with E-state index in [1.807, 2.05) is 0 Å². The van der Waals surface area contributed by atoms with Crippen LogP contribution in [0.5, 0.6) is 0 Å². The summed E-state index contributed by atoms with van der Waals surface area (Å²) in [4.78, 5) is 17.1. The molecule has 0 aliphatic rings. The molecule has 0 aliphatic carbocycles. The van der Waals surface area contributed by atoms with E-state index in [4.69, 9.17) is 16.3 Å². The lowest BCUT2D eigenvalue weighted by Gasteiger charge is -2.15. The van der Waals surface area contributed by atoms with Crippen molar-refractivity contribution in [2.45, 2.75) is 13.5 Å². The highest BCUT2D eigenvalue weighted by molar-refractivity contribution is 7.73. The van der Waals surface area contributed by atoms with Gasteiger partial charge in [0.25, 0.3) is 5.56 Å². The van der Waals surface area contributed by atoms with Crippen molar-refractivity contribution in [3.05, 3.63) is 57.3 Å². The molecule has 3 aromatic rings. The Labute approximate surface area is 172 Å². The van der Waals surface area contributed by atoms with Crippen LogP contribution in [0, 0.1) is 12.7 Å². The molecule has 154 valence electrons. The van der Waals surface area contributed by atoms with Crippen molar-refractivity contribution < 1.29 is 17.5 Å². The molecule has 0 atom stereocenters. The molecule has 3 rings (SSSR count). The lowest BCUT2D eigenvalue weighted by molar-refractivity contribution is 0.186. The Kier molecular flexibility index (Phi) is 6.36. The van der Waals surface area contributed by atoms with Crippen LogP contribution in [0.2, 0.25) is 5.02 Å². The second-order valence-electron chi connectivity index (χ2n) is 6.15. The van der Waals surface area contributed by atoms with Gasteiger partial charge >= 0.3 is 0 Å². The molecule has 2 N–H and O–H groups in total. The highest BCUT2D eigenvalue weighted by atomic mass is 35.5. The van der Waals surface area contributed by atoms with Gasteiger partial charge in [0.05, 0.1) is 46.8 Å². The van der Waals surface area contributed by atoms with Crippen LogP contribution in [-0.4, -0.2) is 31.7 Å². The molecule has 0 amide bonds. The minimum absolute atomic E-state index is 0.0358. The summed E-state index contributed by atoms with van der Waals surface area (Å²) in [6.45, 7) is 2.40. The van der Waals surface area contributed by atoms with Crippen molar-refractivity contribution in [2.24, 2.45) is 0 Å². The third-order valence-electron chi connectivity index (χ3n) is 4.35. The zero-order valence-corrected chi connectivity index (χ0v) is 17.2. The lowest BCUT2D eigenvalue weighted by atomic mass is 10.1. The van der Waals surface area contributed by atoms with E-state index in [1.54, 1.807) is 19.1 Å². The first-order valence-corrected chi connectivity index (χ1v) is 10.0. The molecule has 0 radical (unpaired) electrons. The highest BCUT2D eigenvalue weighted by Gasteiger charge is 2.16. The van der Waals surface area contributed by atoms with Crippen LogP contribution in [0.25, 0.3) is 10.9 Å². The van der Waals surface area contributed by atoms with Gasteiger partial charge in [0.1, 0.15) is 5.82 Å². The van der Waals surface area contributed by atoms with Gasteiger partial charge in [-0.1, -0.05) is 11.6 Å². The Hall–Kier alpha value is -2.69. The van der Waals surface area contributed by atoms with Crippen molar-refractivity contribution >= 4 is 50.5 Å². The Morgan fingerprint density at radius 3 is 2.66 bits per heavy atom. The molecule has 0 aliphatic heterocycles. The molecular weight excluding hydrogens is 423 g/mol. The van der Waals surface area contributed by atoms with Gasteiger partial charge in [-0.05, 0) is 36.8 Å². The van der Waals surface area contributed by atoms with E-state index >= 15 is 0 Å². The summed E-state index contributed by atoms with van der Waals surface area (Å²) in [5, 5.41) is 3.10. The monoisotopic (exact) mass is 440 g/mol.